The molecule has 0 unspecified atom stereocenters. The van der Waals surface area contributed by atoms with Crippen LogP contribution < -0.4 is 0 Å². The van der Waals surface area contributed by atoms with E-state index < -0.39 is 5.60 Å². The zero-order valence-corrected chi connectivity index (χ0v) is 9.31. The van der Waals surface area contributed by atoms with Crippen molar-refractivity contribution in [2.45, 2.75) is 19.4 Å². The fourth-order valence-electron chi connectivity index (χ4n) is 1.40. The van der Waals surface area contributed by atoms with Gasteiger partial charge in [0.1, 0.15) is 5.76 Å². The maximum atomic E-state index is 11.5. The van der Waals surface area contributed by atoms with Gasteiger partial charge in [0.15, 0.2) is 5.60 Å². The topological polar surface area (TPSA) is 39.2 Å². The third-order valence-corrected chi connectivity index (χ3v) is 2.35. The minimum atomic E-state index is -0.732. The molecular weight excluding hydrogens is 202 g/mol. The molecule has 16 heavy (non-hydrogen) atoms. The number of carbonyl (C=O) groups excluding carboxylic acids is 1. The lowest BCUT2D eigenvalue weighted by molar-refractivity contribution is -0.126. The van der Waals surface area contributed by atoms with Gasteiger partial charge in [-0.15, -0.1) is 0 Å². The molecule has 0 saturated heterocycles. The summed E-state index contributed by atoms with van der Waals surface area (Å²) in [5, 5.41) is 0. The molecule has 82 valence electrons. The Bertz CT molecular complexity index is 458. The van der Waals surface area contributed by atoms with Crippen LogP contribution in [0.25, 0.3) is 6.08 Å². The number of hydrogen-bond acceptors (Lipinski definition) is 3. The highest BCUT2D eigenvalue weighted by Gasteiger charge is 2.33. The summed E-state index contributed by atoms with van der Waals surface area (Å²) >= 11 is 0. The number of pyridine rings is 1. The smallest absolute Gasteiger partial charge is 0.202 e. The van der Waals surface area contributed by atoms with E-state index in [0.29, 0.717) is 5.76 Å². The lowest BCUT2D eigenvalue weighted by atomic mass is 10.1. The van der Waals surface area contributed by atoms with Crippen LogP contribution in [-0.2, 0) is 9.53 Å². The van der Waals surface area contributed by atoms with E-state index in [9.17, 15) is 4.79 Å². The summed E-state index contributed by atoms with van der Waals surface area (Å²) in [4.78, 5) is 15.6. The minimum Gasteiger partial charge on any atom is -0.480 e. The van der Waals surface area contributed by atoms with Crippen LogP contribution in [0.1, 0.15) is 19.5 Å². The van der Waals surface area contributed by atoms with Crippen molar-refractivity contribution < 1.29 is 9.53 Å². The molecule has 3 nitrogen and oxygen atoms in total. The van der Waals surface area contributed by atoms with Gasteiger partial charge in [0.25, 0.3) is 0 Å². The minimum absolute atomic E-state index is 0.00632. The molecule has 0 aliphatic carbocycles. The number of carbonyl (C=O) groups is 1. The standard InChI is InChI=1S/C13H13NO2/c1-13(2)12(15)9-11(16-13)7-6-10-5-3-4-8-14-10/h3-9H,1-2H3. The van der Waals surface area contributed by atoms with Crippen molar-refractivity contribution in [1.82, 2.24) is 4.98 Å². The van der Waals surface area contributed by atoms with E-state index >= 15 is 0 Å². The Balaban J connectivity index is 2.11. The van der Waals surface area contributed by atoms with E-state index in [1.807, 2.05) is 24.3 Å². The highest BCUT2D eigenvalue weighted by Crippen LogP contribution is 2.25. The Labute approximate surface area is 94.5 Å². The molecule has 0 radical (unpaired) electrons. The highest BCUT2D eigenvalue weighted by atomic mass is 16.5. The van der Waals surface area contributed by atoms with E-state index in [0.717, 1.165) is 5.69 Å². The number of rotatable bonds is 2. The van der Waals surface area contributed by atoms with Crippen molar-refractivity contribution in [2.75, 3.05) is 0 Å². The van der Waals surface area contributed by atoms with Crippen LogP contribution in [0.2, 0.25) is 0 Å². The highest BCUT2D eigenvalue weighted by molar-refractivity contribution is 5.99. The van der Waals surface area contributed by atoms with E-state index in [1.54, 1.807) is 26.1 Å². The summed E-state index contributed by atoms with van der Waals surface area (Å²) in [6.07, 6.45) is 6.81. The molecule has 2 rings (SSSR count). The quantitative estimate of drug-likeness (QED) is 0.760. The Hall–Kier alpha value is -1.90. The second-order valence-electron chi connectivity index (χ2n) is 4.11. The number of aromatic nitrogens is 1. The molecule has 0 spiro atoms. The van der Waals surface area contributed by atoms with Crippen molar-refractivity contribution >= 4 is 11.9 Å². The Morgan fingerprint density at radius 2 is 2.12 bits per heavy atom. The molecule has 0 aromatic carbocycles. The van der Waals surface area contributed by atoms with Gasteiger partial charge in [-0.25, -0.2) is 0 Å². The van der Waals surface area contributed by atoms with Crippen LogP contribution >= 0.6 is 0 Å². The predicted octanol–water partition coefficient (Wildman–Crippen LogP) is 2.36. The van der Waals surface area contributed by atoms with Gasteiger partial charge in [-0.1, -0.05) is 6.07 Å². The molecule has 0 saturated carbocycles. The third-order valence-electron chi connectivity index (χ3n) is 2.35. The monoisotopic (exact) mass is 215 g/mol. The van der Waals surface area contributed by atoms with E-state index in [2.05, 4.69) is 4.98 Å². The van der Waals surface area contributed by atoms with Crippen LogP contribution in [0.4, 0.5) is 0 Å². The predicted molar refractivity (Wildman–Crippen MR) is 61.5 cm³/mol. The van der Waals surface area contributed by atoms with Crippen LogP contribution in [-0.4, -0.2) is 16.4 Å². The first-order chi connectivity index (χ1) is 7.58. The first kappa shape index (κ1) is 10.6. The summed E-state index contributed by atoms with van der Waals surface area (Å²) in [5.41, 5.74) is 0.105. The van der Waals surface area contributed by atoms with E-state index in [-0.39, 0.29) is 5.78 Å². The molecule has 2 heterocycles. The van der Waals surface area contributed by atoms with Gasteiger partial charge in [-0.3, -0.25) is 9.78 Å². The van der Waals surface area contributed by atoms with Crippen molar-refractivity contribution in [3.05, 3.63) is 48.0 Å². The van der Waals surface area contributed by atoms with Gasteiger partial charge in [0.2, 0.25) is 5.78 Å². The van der Waals surface area contributed by atoms with Crippen molar-refractivity contribution in [3.8, 4) is 0 Å². The number of ether oxygens (including phenoxy) is 1. The zero-order valence-electron chi connectivity index (χ0n) is 9.31. The first-order valence-corrected chi connectivity index (χ1v) is 5.12. The number of allylic oxidation sites excluding steroid dienone is 1. The van der Waals surface area contributed by atoms with Crippen LogP contribution in [0.3, 0.4) is 0 Å². The summed E-state index contributed by atoms with van der Waals surface area (Å²) in [6, 6.07) is 5.65. The molecule has 0 bridgehead atoms. The fourth-order valence-corrected chi connectivity index (χ4v) is 1.40. The number of hydrogen-bond donors (Lipinski definition) is 0. The molecule has 0 N–H and O–H groups in total. The molecule has 1 aliphatic rings. The summed E-state index contributed by atoms with van der Waals surface area (Å²) in [6.45, 7) is 3.51. The molecule has 3 heteroatoms. The second-order valence-corrected chi connectivity index (χ2v) is 4.11. The lowest BCUT2D eigenvalue weighted by Gasteiger charge is -2.16. The zero-order chi connectivity index (χ0) is 11.6. The summed E-state index contributed by atoms with van der Waals surface area (Å²) in [5.74, 6) is 0.578. The second kappa shape index (κ2) is 3.93. The van der Waals surface area contributed by atoms with Crippen LogP contribution in [0.15, 0.2) is 42.3 Å². The van der Waals surface area contributed by atoms with Crippen LogP contribution in [0.5, 0.6) is 0 Å². The molecule has 0 atom stereocenters. The molecule has 0 amide bonds. The molecule has 0 fully saturated rings. The third kappa shape index (κ3) is 2.19. The molecule has 1 aliphatic heterocycles. The Kier molecular flexibility index (Phi) is 2.60. The molecule has 1 aromatic heterocycles. The summed E-state index contributed by atoms with van der Waals surface area (Å²) in [7, 11) is 0. The number of nitrogens with zero attached hydrogens (tertiary/aromatic N) is 1. The van der Waals surface area contributed by atoms with Gasteiger partial charge < -0.3 is 4.74 Å². The van der Waals surface area contributed by atoms with Gasteiger partial charge in [0, 0.05) is 12.3 Å². The van der Waals surface area contributed by atoms with Gasteiger partial charge >= 0.3 is 0 Å². The van der Waals surface area contributed by atoms with Gasteiger partial charge in [-0.05, 0) is 38.1 Å². The molecule has 1 aromatic rings. The Morgan fingerprint density at radius 3 is 2.69 bits per heavy atom. The van der Waals surface area contributed by atoms with Gasteiger partial charge in [0.05, 0.1) is 5.69 Å². The summed E-state index contributed by atoms with van der Waals surface area (Å²) < 4.78 is 5.48. The largest absolute Gasteiger partial charge is 0.480 e. The Morgan fingerprint density at radius 1 is 1.31 bits per heavy atom. The van der Waals surface area contributed by atoms with E-state index in [4.69, 9.17) is 4.74 Å². The van der Waals surface area contributed by atoms with E-state index in [1.165, 1.54) is 6.08 Å². The SMILES string of the molecule is CC1(C)OC(C=Cc2ccccn2)=CC1=O. The average molecular weight is 215 g/mol. The maximum absolute atomic E-state index is 11.5. The lowest BCUT2D eigenvalue weighted by Crippen LogP contribution is -2.27. The normalized spacial score (nSPS) is 18.6. The maximum Gasteiger partial charge on any atom is 0.202 e. The number of ketones is 1. The van der Waals surface area contributed by atoms with Crippen LogP contribution in [0, 0.1) is 0 Å². The molecular formula is C13H13NO2. The first-order valence-electron chi connectivity index (χ1n) is 5.12. The van der Waals surface area contributed by atoms with Crippen molar-refractivity contribution in [3.63, 3.8) is 0 Å². The fraction of sp³-hybridized carbons (Fsp3) is 0.231. The van der Waals surface area contributed by atoms with Crippen molar-refractivity contribution in [2.24, 2.45) is 0 Å². The van der Waals surface area contributed by atoms with Gasteiger partial charge in [-0.2, -0.15) is 0 Å². The average Bonchev–Trinajstić information content (AvgIpc) is 2.52. The van der Waals surface area contributed by atoms with Crippen molar-refractivity contribution in [1.29, 1.82) is 0 Å².